The molecule has 2 aliphatic rings. The maximum Gasteiger partial charge on any atom is 0.328 e. The third-order valence-corrected chi connectivity index (χ3v) is 4.95. The number of hydrogen-bond donors (Lipinski definition) is 3. The van der Waals surface area contributed by atoms with Gasteiger partial charge in [0, 0.05) is 11.6 Å². The fraction of sp³-hybridized carbons (Fsp3) is 0.105. The molecule has 0 radical (unpaired) electrons. The van der Waals surface area contributed by atoms with Crippen molar-refractivity contribution in [1.82, 2.24) is 31.1 Å². The van der Waals surface area contributed by atoms with Crippen molar-refractivity contribution >= 4 is 29.6 Å². The molecule has 0 saturated carbocycles. The number of amides is 6. The molecule has 2 saturated heterocycles. The van der Waals surface area contributed by atoms with E-state index in [1.807, 2.05) is 10.6 Å². The Kier molecular flexibility index (Phi) is 4.29. The molecule has 2 aromatic heterocycles. The number of barbiturate groups is 1. The Morgan fingerprint density at radius 3 is 2.38 bits per heavy atom. The zero-order valence-electron chi connectivity index (χ0n) is 16.1. The minimum Gasteiger partial charge on any atom is -0.439 e. The molecule has 13 heteroatoms. The summed E-state index contributed by atoms with van der Waals surface area (Å²) in [5.74, 6) is -0.763. The molecule has 32 heavy (non-hydrogen) atoms. The Hall–Kier alpha value is -4.81. The van der Waals surface area contributed by atoms with Crippen LogP contribution in [-0.2, 0) is 9.59 Å². The number of benzene rings is 1. The molecule has 1 spiro atoms. The van der Waals surface area contributed by atoms with Crippen LogP contribution in [0.25, 0.3) is 11.5 Å². The SMILES string of the molecule is O=C1NC(=O)C2(CNC(=O)N2c2ccc(Oc3ccc(-c4nnco4)cc3)nc2)C(=O)N1. The molecule has 5 rings (SSSR count). The molecular weight excluding hydrogens is 422 g/mol. The first-order valence-electron chi connectivity index (χ1n) is 9.23. The van der Waals surface area contributed by atoms with Crippen LogP contribution >= 0.6 is 0 Å². The maximum atomic E-state index is 12.5. The van der Waals surface area contributed by atoms with E-state index >= 15 is 0 Å². The van der Waals surface area contributed by atoms with E-state index in [1.165, 1.54) is 24.7 Å². The van der Waals surface area contributed by atoms with Crippen LogP contribution < -0.4 is 25.6 Å². The highest BCUT2D eigenvalue weighted by Gasteiger charge is 2.60. The van der Waals surface area contributed by atoms with Crippen molar-refractivity contribution in [2.45, 2.75) is 5.54 Å². The van der Waals surface area contributed by atoms with E-state index in [4.69, 9.17) is 9.15 Å². The topological polar surface area (TPSA) is 169 Å². The van der Waals surface area contributed by atoms with Crippen molar-refractivity contribution in [3.63, 3.8) is 0 Å². The summed E-state index contributed by atoms with van der Waals surface area (Å²) >= 11 is 0. The Morgan fingerprint density at radius 2 is 1.75 bits per heavy atom. The van der Waals surface area contributed by atoms with Crippen molar-refractivity contribution in [2.24, 2.45) is 0 Å². The summed E-state index contributed by atoms with van der Waals surface area (Å²) in [6.07, 6.45) is 2.51. The van der Waals surface area contributed by atoms with Gasteiger partial charge in [0.25, 0.3) is 11.8 Å². The van der Waals surface area contributed by atoms with Gasteiger partial charge in [-0.2, -0.15) is 0 Å². The second-order valence-electron chi connectivity index (χ2n) is 6.82. The number of carbonyl (C=O) groups excluding carboxylic acids is 4. The van der Waals surface area contributed by atoms with E-state index in [0.717, 1.165) is 4.90 Å². The van der Waals surface area contributed by atoms with Gasteiger partial charge in [-0.25, -0.2) is 14.6 Å². The highest BCUT2D eigenvalue weighted by molar-refractivity contribution is 6.28. The van der Waals surface area contributed by atoms with Crippen molar-refractivity contribution in [1.29, 1.82) is 0 Å². The Morgan fingerprint density at radius 1 is 1.00 bits per heavy atom. The predicted octanol–water partition coefficient (Wildman–Crippen LogP) is 0.558. The molecular formula is C19H13N7O6. The van der Waals surface area contributed by atoms with Crippen LogP contribution in [0, 0.1) is 0 Å². The van der Waals surface area contributed by atoms with Gasteiger partial charge in [-0.15, -0.1) is 10.2 Å². The number of ether oxygens (including phenoxy) is 1. The third-order valence-electron chi connectivity index (χ3n) is 4.95. The Bertz CT molecular complexity index is 1200. The van der Waals surface area contributed by atoms with Crippen LogP contribution in [0.3, 0.4) is 0 Å². The molecule has 160 valence electrons. The molecule has 2 aliphatic heterocycles. The number of carbonyl (C=O) groups is 4. The first-order valence-corrected chi connectivity index (χ1v) is 9.23. The first-order chi connectivity index (χ1) is 15.5. The van der Waals surface area contributed by atoms with Gasteiger partial charge in [0.15, 0.2) is 0 Å². The van der Waals surface area contributed by atoms with Crippen molar-refractivity contribution in [3.05, 3.63) is 49.0 Å². The molecule has 2 fully saturated rings. The van der Waals surface area contributed by atoms with Crippen LogP contribution in [0.1, 0.15) is 0 Å². The molecule has 0 aliphatic carbocycles. The highest BCUT2D eigenvalue weighted by atomic mass is 16.5. The lowest BCUT2D eigenvalue weighted by Gasteiger charge is -2.35. The summed E-state index contributed by atoms with van der Waals surface area (Å²) in [5, 5.41) is 13.9. The van der Waals surface area contributed by atoms with Crippen LogP contribution in [0.4, 0.5) is 15.3 Å². The van der Waals surface area contributed by atoms with Gasteiger partial charge in [-0.05, 0) is 30.3 Å². The van der Waals surface area contributed by atoms with Gasteiger partial charge in [0.2, 0.25) is 23.7 Å². The molecule has 6 amide bonds. The summed E-state index contributed by atoms with van der Waals surface area (Å²) < 4.78 is 10.8. The van der Waals surface area contributed by atoms with E-state index in [0.29, 0.717) is 17.2 Å². The van der Waals surface area contributed by atoms with Crippen LogP contribution in [-0.4, -0.2) is 51.1 Å². The molecule has 0 unspecified atom stereocenters. The molecule has 3 aromatic rings. The van der Waals surface area contributed by atoms with E-state index in [-0.39, 0.29) is 18.1 Å². The normalized spacial score (nSPS) is 17.2. The first kappa shape index (κ1) is 19.2. The van der Waals surface area contributed by atoms with Gasteiger partial charge < -0.3 is 14.5 Å². The van der Waals surface area contributed by atoms with Gasteiger partial charge >= 0.3 is 12.1 Å². The smallest absolute Gasteiger partial charge is 0.328 e. The van der Waals surface area contributed by atoms with Crippen molar-refractivity contribution in [3.8, 4) is 23.1 Å². The summed E-state index contributed by atoms with van der Waals surface area (Å²) in [4.78, 5) is 54.0. The van der Waals surface area contributed by atoms with E-state index in [9.17, 15) is 19.2 Å². The van der Waals surface area contributed by atoms with Gasteiger partial charge in [-0.3, -0.25) is 25.1 Å². The van der Waals surface area contributed by atoms with E-state index < -0.39 is 29.4 Å². The average Bonchev–Trinajstić information content (AvgIpc) is 3.43. The molecule has 4 heterocycles. The quantitative estimate of drug-likeness (QED) is 0.496. The lowest BCUT2D eigenvalue weighted by atomic mass is 9.94. The number of pyridine rings is 1. The lowest BCUT2D eigenvalue weighted by molar-refractivity contribution is -0.136. The summed E-state index contributed by atoms with van der Waals surface area (Å²) in [5.41, 5.74) is -1.07. The van der Waals surface area contributed by atoms with E-state index in [2.05, 4.69) is 20.5 Å². The number of rotatable bonds is 4. The molecule has 13 nitrogen and oxygen atoms in total. The molecule has 3 N–H and O–H groups in total. The molecule has 1 aromatic carbocycles. The number of nitrogens with zero attached hydrogens (tertiary/aromatic N) is 4. The lowest BCUT2D eigenvalue weighted by Crippen LogP contribution is -2.73. The minimum absolute atomic E-state index is 0.166. The Labute approximate surface area is 178 Å². The van der Waals surface area contributed by atoms with Crippen molar-refractivity contribution in [2.75, 3.05) is 11.4 Å². The summed E-state index contributed by atoms with van der Waals surface area (Å²) in [6, 6.07) is 8.16. The predicted molar refractivity (Wildman–Crippen MR) is 104 cm³/mol. The number of anilines is 1. The second kappa shape index (κ2) is 7.16. The average molecular weight is 435 g/mol. The van der Waals surface area contributed by atoms with Crippen molar-refractivity contribution < 1.29 is 28.3 Å². The zero-order chi connectivity index (χ0) is 22.3. The van der Waals surface area contributed by atoms with Crippen LogP contribution in [0.5, 0.6) is 11.6 Å². The fourth-order valence-electron chi connectivity index (χ4n) is 3.43. The third kappa shape index (κ3) is 2.99. The maximum absolute atomic E-state index is 12.5. The molecule has 0 atom stereocenters. The van der Waals surface area contributed by atoms with Gasteiger partial charge in [0.1, 0.15) is 5.75 Å². The van der Waals surface area contributed by atoms with E-state index in [1.54, 1.807) is 24.3 Å². The Balaban J connectivity index is 1.37. The van der Waals surface area contributed by atoms with Gasteiger partial charge in [0.05, 0.1) is 18.4 Å². The monoisotopic (exact) mass is 435 g/mol. The summed E-state index contributed by atoms with van der Waals surface area (Å²) in [7, 11) is 0. The second-order valence-corrected chi connectivity index (χ2v) is 6.82. The number of aromatic nitrogens is 3. The van der Waals surface area contributed by atoms with Crippen LogP contribution in [0.15, 0.2) is 53.4 Å². The number of hydrogen-bond acceptors (Lipinski definition) is 9. The van der Waals surface area contributed by atoms with Gasteiger partial charge in [-0.1, -0.05) is 0 Å². The zero-order valence-corrected chi connectivity index (χ0v) is 16.1. The minimum atomic E-state index is -1.94. The number of imide groups is 2. The largest absolute Gasteiger partial charge is 0.439 e. The fourth-order valence-corrected chi connectivity index (χ4v) is 3.43. The highest BCUT2D eigenvalue weighted by Crippen LogP contribution is 2.31. The summed E-state index contributed by atoms with van der Waals surface area (Å²) in [6.45, 7) is -0.304. The standard InChI is InChI=1S/C19H13N7O6/c27-15-19(16(28)24-17(29)23-15)8-21-18(30)26(19)11-3-6-13(20-7-11)32-12-4-1-10(2-5-12)14-25-22-9-31-14/h1-7,9H,8H2,(H,21,30)(H2,23,24,27,28,29). The molecule has 0 bridgehead atoms. The van der Waals surface area contributed by atoms with Crippen LogP contribution in [0.2, 0.25) is 0 Å². The number of urea groups is 2. The number of nitrogens with one attached hydrogen (secondary N) is 3.